The third kappa shape index (κ3) is 3.34. The molecule has 2 N–H and O–H groups in total. The van der Waals surface area contributed by atoms with Gasteiger partial charge in [0.05, 0.1) is 12.5 Å². The van der Waals surface area contributed by atoms with Crippen molar-refractivity contribution in [3.8, 4) is 11.8 Å². The fraction of sp³-hybridized carbons (Fsp3) is 0.364. The van der Waals surface area contributed by atoms with Gasteiger partial charge < -0.3 is 10.5 Å². The number of nitrogens with two attached hydrogens (primary N) is 1. The highest BCUT2D eigenvalue weighted by Crippen LogP contribution is 2.32. The average Bonchev–Trinajstić information content (AvgIpc) is 2.29. The molecule has 1 rings (SSSR count). The van der Waals surface area contributed by atoms with Gasteiger partial charge in [-0.25, -0.2) is 0 Å². The molecule has 0 aliphatic rings. The smallest absolute Gasteiger partial charge is 0.428 e. The molecule has 7 heteroatoms. The zero-order valence-corrected chi connectivity index (χ0v) is 9.12. The number of para-hydroxylation sites is 1. The summed E-state index contributed by atoms with van der Waals surface area (Å²) in [5, 5.41) is 8.47. The maximum atomic E-state index is 12.8. The molecular weight excluding hydrogens is 252 g/mol. The van der Waals surface area contributed by atoms with Crippen molar-refractivity contribution in [2.24, 2.45) is 5.73 Å². The van der Waals surface area contributed by atoms with E-state index in [-0.39, 0.29) is 12.0 Å². The molecule has 1 aromatic rings. The number of nitrogens with zero attached hydrogens (tertiary/aromatic N) is 1. The number of alkyl halides is 4. The molecule has 18 heavy (non-hydrogen) atoms. The van der Waals surface area contributed by atoms with E-state index < -0.39 is 24.3 Å². The van der Waals surface area contributed by atoms with Gasteiger partial charge in [-0.1, -0.05) is 18.2 Å². The lowest BCUT2D eigenvalue weighted by molar-refractivity contribution is -0.253. The Hall–Kier alpha value is -1.81. The number of ether oxygens (including phenoxy) is 1. The van der Waals surface area contributed by atoms with Crippen LogP contribution in [0.15, 0.2) is 24.3 Å². The zero-order chi connectivity index (χ0) is 13.8. The summed E-state index contributed by atoms with van der Waals surface area (Å²) < 4.78 is 53.6. The standard InChI is InChI=1S/C11H10F4N2O/c12-10(13)11(14,15)18-9-4-2-1-3-7(9)8(17)5-6-16/h1-4,8,10H,5,17H2/t8-/m1/s1. The summed E-state index contributed by atoms with van der Waals surface area (Å²) in [6.45, 7) is 0. The number of halogens is 4. The first-order valence-corrected chi connectivity index (χ1v) is 4.95. The van der Waals surface area contributed by atoms with E-state index in [2.05, 4.69) is 4.74 Å². The van der Waals surface area contributed by atoms with E-state index >= 15 is 0 Å². The van der Waals surface area contributed by atoms with Crippen LogP contribution in [0.4, 0.5) is 17.6 Å². The van der Waals surface area contributed by atoms with E-state index in [0.29, 0.717) is 0 Å². The van der Waals surface area contributed by atoms with Crippen molar-refractivity contribution in [3.63, 3.8) is 0 Å². The lowest BCUT2D eigenvalue weighted by Crippen LogP contribution is -2.34. The second-order valence-corrected chi connectivity index (χ2v) is 3.47. The first kappa shape index (κ1) is 14.3. The van der Waals surface area contributed by atoms with Crippen LogP contribution in [0, 0.1) is 11.3 Å². The quantitative estimate of drug-likeness (QED) is 0.830. The van der Waals surface area contributed by atoms with Crippen LogP contribution in [0.5, 0.6) is 5.75 Å². The Kier molecular flexibility index (Phi) is 4.50. The van der Waals surface area contributed by atoms with E-state index in [0.717, 1.165) is 6.07 Å². The van der Waals surface area contributed by atoms with Gasteiger partial charge in [-0.2, -0.15) is 22.8 Å². The van der Waals surface area contributed by atoms with Gasteiger partial charge >= 0.3 is 12.5 Å². The molecule has 0 radical (unpaired) electrons. The molecule has 0 aliphatic heterocycles. The SMILES string of the molecule is N#CC[C@@H](N)c1ccccc1OC(F)(F)C(F)F. The molecule has 98 valence electrons. The molecule has 0 spiro atoms. The third-order valence-electron chi connectivity index (χ3n) is 2.13. The molecule has 0 fully saturated rings. The van der Waals surface area contributed by atoms with Crippen molar-refractivity contribution in [2.75, 3.05) is 0 Å². The van der Waals surface area contributed by atoms with Crippen LogP contribution >= 0.6 is 0 Å². The minimum absolute atomic E-state index is 0.0828. The lowest BCUT2D eigenvalue weighted by Gasteiger charge is -2.20. The van der Waals surface area contributed by atoms with Crippen molar-refractivity contribution in [3.05, 3.63) is 29.8 Å². The van der Waals surface area contributed by atoms with Gasteiger partial charge in [-0.05, 0) is 6.07 Å². The van der Waals surface area contributed by atoms with Crippen LogP contribution < -0.4 is 10.5 Å². The average molecular weight is 262 g/mol. The van der Waals surface area contributed by atoms with Gasteiger partial charge in [0.25, 0.3) is 0 Å². The fourth-order valence-corrected chi connectivity index (χ4v) is 1.28. The Morgan fingerprint density at radius 3 is 2.50 bits per heavy atom. The molecule has 0 amide bonds. The lowest BCUT2D eigenvalue weighted by atomic mass is 10.0. The molecule has 0 bridgehead atoms. The second-order valence-electron chi connectivity index (χ2n) is 3.47. The molecule has 3 nitrogen and oxygen atoms in total. The van der Waals surface area contributed by atoms with E-state index in [1.165, 1.54) is 18.2 Å². The number of nitriles is 1. The van der Waals surface area contributed by atoms with Crippen molar-refractivity contribution in [2.45, 2.75) is 25.0 Å². The van der Waals surface area contributed by atoms with Crippen LogP contribution in [0.3, 0.4) is 0 Å². The van der Waals surface area contributed by atoms with Crippen LogP contribution in [-0.4, -0.2) is 12.5 Å². The molecule has 0 aliphatic carbocycles. The maximum absolute atomic E-state index is 12.8. The van der Waals surface area contributed by atoms with Crippen LogP contribution in [0.2, 0.25) is 0 Å². The first-order valence-electron chi connectivity index (χ1n) is 4.95. The molecule has 0 aromatic heterocycles. The summed E-state index contributed by atoms with van der Waals surface area (Å²) in [4.78, 5) is 0. The number of hydrogen-bond acceptors (Lipinski definition) is 3. The number of hydrogen-bond donors (Lipinski definition) is 1. The van der Waals surface area contributed by atoms with Gasteiger partial charge in [-0.3, -0.25) is 0 Å². The largest absolute Gasteiger partial charge is 0.461 e. The van der Waals surface area contributed by atoms with Gasteiger partial charge in [0, 0.05) is 11.6 Å². The molecule has 0 unspecified atom stereocenters. The van der Waals surface area contributed by atoms with Crippen LogP contribution in [-0.2, 0) is 0 Å². The Labute approximate surface area is 101 Å². The molecule has 0 heterocycles. The second kappa shape index (κ2) is 5.69. The minimum Gasteiger partial charge on any atom is -0.428 e. The molecule has 1 atom stereocenters. The summed E-state index contributed by atoms with van der Waals surface area (Å²) >= 11 is 0. The van der Waals surface area contributed by atoms with Crippen molar-refractivity contribution in [1.29, 1.82) is 5.26 Å². The Balaban J connectivity index is 3.00. The highest BCUT2D eigenvalue weighted by Gasteiger charge is 2.44. The van der Waals surface area contributed by atoms with Gasteiger partial charge in [-0.15, -0.1) is 0 Å². The van der Waals surface area contributed by atoms with Gasteiger partial charge in [0.1, 0.15) is 5.75 Å². The first-order chi connectivity index (χ1) is 8.38. The molecule has 0 saturated heterocycles. The topological polar surface area (TPSA) is 59.0 Å². The Morgan fingerprint density at radius 2 is 1.94 bits per heavy atom. The molecule has 0 saturated carbocycles. The van der Waals surface area contributed by atoms with Crippen molar-refractivity contribution in [1.82, 2.24) is 0 Å². The Morgan fingerprint density at radius 1 is 1.33 bits per heavy atom. The predicted octanol–water partition coefficient (Wildman–Crippen LogP) is 2.84. The van der Waals surface area contributed by atoms with Gasteiger partial charge in [0.15, 0.2) is 0 Å². The van der Waals surface area contributed by atoms with Gasteiger partial charge in [0.2, 0.25) is 0 Å². The molecular formula is C11H10F4N2O. The van der Waals surface area contributed by atoms with E-state index in [9.17, 15) is 17.6 Å². The summed E-state index contributed by atoms with van der Waals surface area (Å²) in [7, 11) is 0. The van der Waals surface area contributed by atoms with E-state index in [4.69, 9.17) is 11.0 Å². The highest BCUT2D eigenvalue weighted by molar-refractivity contribution is 5.36. The summed E-state index contributed by atoms with van der Waals surface area (Å²) in [5.41, 5.74) is 5.65. The third-order valence-corrected chi connectivity index (χ3v) is 2.13. The number of benzene rings is 1. The monoisotopic (exact) mass is 262 g/mol. The van der Waals surface area contributed by atoms with Crippen molar-refractivity contribution < 1.29 is 22.3 Å². The summed E-state index contributed by atoms with van der Waals surface area (Å²) in [6, 6.07) is 6.17. The van der Waals surface area contributed by atoms with E-state index in [1.54, 1.807) is 6.07 Å². The van der Waals surface area contributed by atoms with Crippen LogP contribution in [0.25, 0.3) is 0 Å². The van der Waals surface area contributed by atoms with E-state index in [1.807, 2.05) is 0 Å². The zero-order valence-electron chi connectivity index (χ0n) is 9.12. The minimum atomic E-state index is -4.59. The highest BCUT2D eigenvalue weighted by atomic mass is 19.3. The summed E-state index contributed by atoms with van der Waals surface area (Å²) in [6.07, 6.45) is -8.68. The summed E-state index contributed by atoms with van der Waals surface area (Å²) in [5.74, 6) is -0.453. The molecule has 1 aromatic carbocycles. The maximum Gasteiger partial charge on any atom is 0.461 e. The normalized spacial score (nSPS) is 13.2. The van der Waals surface area contributed by atoms with Crippen LogP contribution in [0.1, 0.15) is 18.0 Å². The predicted molar refractivity (Wildman–Crippen MR) is 55.2 cm³/mol. The van der Waals surface area contributed by atoms with Crippen molar-refractivity contribution >= 4 is 0 Å². The number of rotatable bonds is 5. The Bertz CT molecular complexity index is 445. The fourth-order valence-electron chi connectivity index (χ4n) is 1.28.